The Morgan fingerprint density at radius 2 is 1.91 bits per heavy atom. The van der Waals surface area contributed by atoms with E-state index in [2.05, 4.69) is 10.2 Å². The number of phenolic OH excluding ortho intramolecular Hbond substituents is 1. The van der Waals surface area contributed by atoms with Crippen molar-refractivity contribution in [1.82, 2.24) is 4.90 Å². The fraction of sp³-hybridized carbons (Fsp3) is 0.480. The van der Waals surface area contributed by atoms with Gasteiger partial charge in [0.15, 0.2) is 11.5 Å². The molecule has 32 heavy (non-hydrogen) atoms. The molecule has 1 saturated heterocycles. The topological polar surface area (TPSA) is 91.3 Å². The fourth-order valence-electron chi connectivity index (χ4n) is 5.30. The smallest absolute Gasteiger partial charge is 0.238 e. The molecular weight excluding hydrogens is 408 g/mol. The standard InChI is InChI=1S/C25H32N2O5/c1-31-19-9-7-18(8-10-19)26-23(29)16-27-14-13-25(30)12-4-3-5-20(25)24(27)17-6-11-21(28)22(15-17)32-2/h6-11,15,20,24,28,30H,3-5,12-14,16H2,1-2H3,(H,26,29)/t20-,24-,25+/m0/s1. The van der Waals surface area contributed by atoms with E-state index in [-0.39, 0.29) is 30.2 Å². The quantitative estimate of drug-likeness (QED) is 0.634. The van der Waals surface area contributed by atoms with E-state index in [1.807, 2.05) is 36.4 Å². The fourth-order valence-corrected chi connectivity index (χ4v) is 5.30. The van der Waals surface area contributed by atoms with Crippen molar-refractivity contribution >= 4 is 11.6 Å². The third-order valence-electron chi connectivity index (χ3n) is 6.94. The average Bonchev–Trinajstić information content (AvgIpc) is 2.80. The van der Waals surface area contributed by atoms with Gasteiger partial charge in [0.25, 0.3) is 0 Å². The van der Waals surface area contributed by atoms with Gasteiger partial charge in [-0.1, -0.05) is 18.9 Å². The summed E-state index contributed by atoms with van der Waals surface area (Å²) in [6, 6.07) is 12.4. The first kappa shape index (κ1) is 22.4. The highest BCUT2D eigenvalue weighted by molar-refractivity contribution is 5.92. The van der Waals surface area contributed by atoms with Crippen molar-refractivity contribution in [3.8, 4) is 17.2 Å². The number of amides is 1. The molecule has 0 spiro atoms. The molecule has 4 rings (SSSR count). The van der Waals surface area contributed by atoms with Crippen LogP contribution in [0.15, 0.2) is 42.5 Å². The number of phenols is 1. The highest BCUT2D eigenvalue weighted by Gasteiger charge is 2.49. The van der Waals surface area contributed by atoms with Crippen LogP contribution in [0.4, 0.5) is 5.69 Å². The van der Waals surface area contributed by atoms with E-state index in [0.29, 0.717) is 24.4 Å². The molecule has 1 aliphatic carbocycles. The summed E-state index contributed by atoms with van der Waals surface area (Å²) < 4.78 is 10.5. The normalized spacial score (nSPS) is 25.6. The number of nitrogens with one attached hydrogen (secondary N) is 1. The minimum Gasteiger partial charge on any atom is -0.504 e. The number of aliphatic hydroxyl groups is 1. The number of piperidine rings is 1. The van der Waals surface area contributed by atoms with E-state index >= 15 is 0 Å². The maximum Gasteiger partial charge on any atom is 0.238 e. The van der Waals surface area contributed by atoms with Crippen molar-refractivity contribution in [1.29, 1.82) is 0 Å². The van der Waals surface area contributed by atoms with Crippen molar-refractivity contribution in [2.24, 2.45) is 5.92 Å². The molecule has 0 aromatic heterocycles. The van der Waals surface area contributed by atoms with E-state index in [9.17, 15) is 15.0 Å². The van der Waals surface area contributed by atoms with Gasteiger partial charge in [-0.15, -0.1) is 0 Å². The number of nitrogens with zero attached hydrogens (tertiary/aromatic N) is 1. The Balaban J connectivity index is 1.58. The molecule has 0 unspecified atom stereocenters. The first-order chi connectivity index (χ1) is 15.4. The van der Waals surface area contributed by atoms with Crippen LogP contribution < -0.4 is 14.8 Å². The lowest BCUT2D eigenvalue weighted by Gasteiger charge is -2.52. The van der Waals surface area contributed by atoms with Crippen LogP contribution in [0, 0.1) is 5.92 Å². The Morgan fingerprint density at radius 3 is 2.62 bits per heavy atom. The molecule has 2 aliphatic rings. The maximum absolute atomic E-state index is 12.9. The summed E-state index contributed by atoms with van der Waals surface area (Å²) in [4.78, 5) is 15.1. The number of rotatable bonds is 6. The molecule has 3 N–H and O–H groups in total. The molecule has 3 atom stereocenters. The van der Waals surface area contributed by atoms with Crippen molar-refractivity contribution < 1.29 is 24.5 Å². The van der Waals surface area contributed by atoms with Gasteiger partial charge in [-0.3, -0.25) is 9.69 Å². The molecule has 0 bridgehead atoms. The van der Waals surface area contributed by atoms with Crippen LogP contribution in [-0.4, -0.2) is 53.9 Å². The second-order valence-corrected chi connectivity index (χ2v) is 8.83. The number of fused-ring (bicyclic) bond motifs is 1. The molecule has 1 amide bonds. The number of carbonyl (C=O) groups is 1. The lowest BCUT2D eigenvalue weighted by Crippen LogP contribution is -2.56. The van der Waals surface area contributed by atoms with Crippen LogP contribution in [0.3, 0.4) is 0 Å². The third-order valence-corrected chi connectivity index (χ3v) is 6.94. The molecule has 0 radical (unpaired) electrons. The summed E-state index contributed by atoms with van der Waals surface area (Å²) in [6.07, 6.45) is 4.43. The zero-order valence-corrected chi connectivity index (χ0v) is 18.7. The predicted octanol–water partition coefficient (Wildman–Crippen LogP) is 3.72. The monoisotopic (exact) mass is 440 g/mol. The van der Waals surface area contributed by atoms with Crippen LogP contribution in [0.5, 0.6) is 17.2 Å². The number of ether oxygens (including phenoxy) is 2. The Bertz CT molecular complexity index is 948. The summed E-state index contributed by atoms with van der Waals surface area (Å²) in [6.45, 7) is 0.837. The van der Waals surface area contributed by atoms with Crippen molar-refractivity contribution in [3.63, 3.8) is 0 Å². The van der Waals surface area contributed by atoms with E-state index in [1.54, 1.807) is 13.2 Å². The number of likely N-dealkylation sites (tertiary alicyclic amines) is 1. The second kappa shape index (κ2) is 9.38. The molecule has 1 heterocycles. The van der Waals surface area contributed by atoms with Gasteiger partial charge >= 0.3 is 0 Å². The van der Waals surface area contributed by atoms with Crippen LogP contribution in [0.1, 0.15) is 43.7 Å². The van der Waals surface area contributed by atoms with E-state index in [0.717, 1.165) is 37.0 Å². The van der Waals surface area contributed by atoms with E-state index in [4.69, 9.17) is 9.47 Å². The lowest BCUT2D eigenvalue weighted by molar-refractivity contribution is -0.135. The first-order valence-electron chi connectivity index (χ1n) is 11.2. The number of hydrogen-bond donors (Lipinski definition) is 3. The Hall–Kier alpha value is -2.77. The van der Waals surface area contributed by atoms with Gasteiger partial charge in [-0.2, -0.15) is 0 Å². The van der Waals surface area contributed by atoms with Gasteiger partial charge < -0.3 is 25.0 Å². The molecule has 2 fully saturated rings. The minimum atomic E-state index is -0.725. The summed E-state index contributed by atoms with van der Waals surface area (Å²) in [5, 5.41) is 24.5. The number of aromatic hydroxyl groups is 1. The predicted molar refractivity (Wildman–Crippen MR) is 122 cm³/mol. The molecule has 7 heteroatoms. The molecular formula is C25H32N2O5. The van der Waals surface area contributed by atoms with Gasteiger partial charge in [0, 0.05) is 24.2 Å². The zero-order chi connectivity index (χ0) is 22.7. The van der Waals surface area contributed by atoms with Gasteiger partial charge in [0.1, 0.15) is 5.75 Å². The molecule has 1 aliphatic heterocycles. The van der Waals surface area contributed by atoms with Gasteiger partial charge in [-0.05, 0) is 61.2 Å². The van der Waals surface area contributed by atoms with Crippen LogP contribution in [0.2, 0.25) is 0 Å². The zero-order valence-electron chi connectivity index (χ0n) is 18.7. The number of benzene rings is 2. The summed E-state index contributed by atoms with van der Waals surface area (Å²) in [7, 11) is 3.13. The van der Waals surface area contributed by atoms with E-state index in [1.165, 1.54) is 7.11 Å². The summed E-state index contributed by atoms with van der Waals surface area (Å²) in [5.41, 5.74) is 0.934. The SMILES string of the molecule is COc1ccc(NC(=O)CN2CC[C@]3(O)CCCC[C@H]3[C@@H]2c2ccc(O)c(OC)c2)cc1. The lowest BCUT2D eigenvalue weighted by atomic mass is 9.66. The molecule has 1 saturated carbocycles. The highest BCUT2D eigenvalue weighted by atomic mass is 16.5. The molecule has 2 aromatic rings. The van der Waals surface area contributed by atoms with Crippen molar-refractivity contribution in [3.05, 3.63) is 48.0 Å². The number of methoxy groups -OCH3 is 2. The van der Waals surface area contributed by atoms with Crippen LogP contribution in [-0.2, 0) is 4.79 Å². The van der Waals surface area contributed by atoms with Gasteiger partial charge in [0.05, 0.1) is 26.4 Å². The molecule has 172 valence electrons. The maximum atomic E-state index is 12.9. The summed E-state index contributed by atoms with van der Waals surface area (Å²) >= 11 is 0. The van der Waals surface area contributed by atoms with Crippen molar-refractivity contribution in [2.45, 2.75) is 43.7 Å². The number of carbonyl (C=O) groups excluding carboxylic acids is 1. The van der Waals surface area contributed by atoms with Crippen LogP contribution >= 0.6 is 0 Å². The number of hydrogen-bond acceptors (Lipinski definition) is 6. The largest absolute Gasteiger partial charge is 0.504 e. The molecule has 7 nitrogen and oxygen atoms in total. The van der Waals surface area contributed by atoms with Crippen LogP contribution in [0.25, 0.3) is 0 Å². The van der Waals surface area contributed by atoms with Gasteiger partial charge in [-0.25, -0.2) is 0 Å². The summed E-state index contributed by atoms with van der Waals surface area (Å²) in [5.74, 6) is 1.13. The number of anilines is 1. The van der Waals surface area contributed by atoms with E-state index < -0.39 is 5.60 Å². The average molecular weight is 441 g/mol. The Labute approximate surface area is 189 Å². The minimum absolute atomic E-state index is 0.0213. The van der Waals surface area contributed by atoms with Gasteiger partial charge in [0.2, 0.25) is 5.91 Å². The second-order valence-electron chi connectivity index (χ2n) is 8.83. The third kappa shape index (κ3) is 4.54. The first-order valence-corrected chi connectivity index (χ1v) is 11.2. The highest BCUT2D eigenvalue weighted by Crippen LogP contribution is 2.50. The molecule has 2 aromatic carbocycles. The van der Waals surface area contributed by atoms with Crippen molar-refractivity contribution in [2.75, 3.05) is 32.6 Å². The Morgan fingerprint density at radius 1 is 1.12 bits per heavy atom. The Kier molecular flexibility index (Phi) is 6.58.